The van der Waals surface area contributed by atoms with Gasteiger partial charge in [0.2, 0.25) is 0 Å². The van der Waals surface area contributed by atoms with Crippen LogP contribution in [0.4, 0.5) is 5.69 Å². The molecule has 5 heteroatoms. The van der Waals surface area contributed by atoms with Crippen molar-refractivity contribution in [3.63, 3.8) is 0 Å². The average Bonchev–Trinajstić information content (AvgIpc) is 1.88. The molecule has 52 valence electrons. The van der Waals surface area contributed by atoms with Gasteiger partial charge >= 0.3 is 0 Å². The highest BCUT2D eigenvalue weighted by molar-refractivity contribution is 9.11. The van der Waals surface area contributed by atoms with Crippen molar-refractivity contribution >= 4 is 37.5 Å². The molecule has 1 aromatic rings. The third kappa shape index (κ3) is 1.41. The molecule has 0 aliphatic carbocycles. The van der Waals surface area contributed by atoms with Crippen LogP contribution in [0.5, 0.6) is 0 Å². The number of nitrogens with zero attached hydrogens (tertiary/aromatic N) is 2. The number of hydrogen-bond acceptors (Lipinski definition) is 3. The summed E-state index contributed by atoms with van der Waals surface area (Å²) in [6.45, 7) is 0. The Morgan fingerprint density at radius 3 is 2.60 bits per heavy atom. The van der Waals surface area contributed by atoms with E-state index in [1.54, 1.807) is 12.3 Å². The lowest BCUT2D eigenvalue weighted by atomic mass is 10.4. The highest BCUT2D eigenvalue weighted by Crippen LogP contribution is 2.30. The van der Waals surface area contributed by atoms with Crippen LogP contribution in [-0.4, -0.2) is 4.98 Å². The maximum Gasteiger partial charge on any atom is 0.154 e. The van der Waals surface area contributed by atoms with Crippen LogP contribution < -0.4 is 0 Å². The summed E-state index contributed by atoms with van der Waals surface area (Å²) in [5.41, 5.74) is 0.294. The van der Waals surface area contributed by atoms with E-state index in [0.717, 1.165) is 0 Å². The molecule has 0 amide bonds. The van der Waals surface area contributed by atoms with E-state index >= 15 is 0 Å². The summed E-state index contributed by atoms with van der Waals surface area (Å²) in [5, 5.41) is 2.76. The van der Waals surface area contributed by atoms with Crippen molar-refractivity contribution in [2.45, 2.75) is 0 Å². The normalized spacial score (nSPS) is 9.40. The number of hydrogen-bond donors (Lipinski definition) is 0. The summed E-state index contributed by atoms with van der Waals surface area (Å²) in [5.74, 6) is 0. The molecule has 0 bridgehead atoms. The topological polar surface area (TPSA) is 42.3 Å². The van der Waals surface area contributed by atoms with Gasteiger partial charge in [-0.15, -0.1) is 4.91 Å². The second-order valence-electron chi connectivity index (χ2n) is 1.52. The van der Waals surface area contributed by atoms with Crippen LogP contribution in [0.2, 0.25) is 0 Å². The van der Waals surface area contributed by atoms with E-state index in [1.807, 2.05) is 0 Å². The van der Waals surface area contributed by atoms with E-state index in [1.165, 1.54) is 0 Å². The molecule has 0 fully saturated rings. The lowest BCUT2D eigenvalue weighted by Gasteiger charge is -1.93. The molecular formula is C5H2Br2N2O. The van der Waals surface area contributed by atoms with Gasteiger partial charge in [0.15, 0.2) is 5.69 Å². The Labute approximate surface area is 74.1 Å². The van der Waals surface area contributed by atoms with E-state index in [2.05, 4.69) is 42.0 Å². The summed E-state index contributed by atoms with van der Waals surface area (Å²) in [7, 11) is 0. The summed E-state index contributed by atoms with van der Waals surface area (Å²) in [4.78, 5) is 13.9. The van der Waals surface area contributed by atoms with E-state index in [-0.39, 0.29) is 0 Å². The first kappa shape index (κ1) is 7.81. The number of halogens is 2. The van der Waals surface area contributed by atoms with Gasteiger partial charge in [0.05, 0.1) is 4.47 Å². The lowest BCUT2D eigenvalue weighted by Crippen LogP contribution is -1.75. The Kier molecular flexibility index (Phi) is 2.50. The predicted molar refractivity (Wildman–Crippen MR) is 45.1 cm³/mol. The highest BCUT2D eigenvalue weighted by Gasteiger charge is 2.03. The van der Waals surface area contributed by atoms with Crippen LogP contribution in [-0.2, 0) is 0 Å². The molecule has 0 spiro atoms. The molecule has 0 N–H and O–H groups in total. The largest absolute Gasteiger partial charge is 0.247 e. The van der Waals surface area contributed by atoms with Gasteiger partial charge in [-0.05, 0) is 43.1 Å². The first-order chi connectivity index (χ1) is 4.75. The molecule has 0 saturated carbocycles. The van der Waals surface area contributed by atoms with Gasteiger partial charge in [-0.3, -0.25) is 0 Å². The first-order valence-corrected chi connectivity index (χ1v) is 3.97. The van der Waals surface area contributed by atoms with Gasteiger partial charge in [-0.1, -0.05) is 0 Å². The summed E-state index contributed by atoms with van der Waals surface area (Å²) in [6.07, 6.45) is 1.57. The maximum absolute atomic E-state index is 10.1. The van der Waals surface area contributed by atoms with Crippen molar-refractivity contribution < 1.29 is 0 Å². The quantitative estimate of drug-likeness (QED) is 0.579. The van der Waals surface area contributed by atoms with Gasteiger partial charge in [-0.25, -0.2) is 4.98 Å². The average molecular weight is 266 g/mol. The van der Waals surface area contributed by atoms with Crippen LogP contribution in [0.3, 0.4) is 0 Å². The number of rotatable bonds is 1. The molecule has 0 saturated heterocycles. The lowest BCUT2D eigenvalue weighted by molar-refractivity contribution is 1.24. The molecule has 0 radical (unpaired) electrons. The van der Waals surface area contributed by atoms with E-state index in [0.29, 0.717) is 14.8 Å². The summed E-state index contributed by atoms with van der Waals surface area (Å²) < 4.78 is 1.10. The highest BCUT2D eigenvalue weighted by atomic mass is 79.9. The minimum Gasteiger partial charge on any atom is -0.247 e. The zero-order valence-electron chi connectivity index (χ0n) is 4.71. The monoisotopic (exact) mass is 264 g/mol. The predicted octanol–water partition coefficient (Wildman–Crippen LogP) is 3.00. The number of nitroso groups, excluding NO2 is 1. The SMILES string of the molecule is O=Nc1c(Br)ccnc1Br. The Balaban J connectivity index is 3.30. The molecule has 0 atom stereocenters. The van der Waals surface area contributed by atoms with Crippen molar-refractivity contribution in [3.05, 3.63) is 26.2 Å². The molecule has 0 aliphatic rings. The molecule has 10 heavy (non-hydrogen) atoms. The van der Waals surface area contributed by atoms with Gasteiger partial charge in [0.1, 0.15) is 4.60 Å². The third-order valence-corrected chi connectivity index (χ3v) is 2.14. The van der Waals surface area contributed by atoms with Crippen LogP contribution >= 0.6 is 31.9 Å². The fourth-order valence-corrected chi connectivity index (χ4v) is 1.54. The van der Waals surface area contributed by atoms with Crippen molar-refractivity contribution in [1.82, 2.24) is 4.98 Å². The Hall–Kier alpha value is -0.290. The van der Waals surface area contributed by atoms with Crippen molar-refractivity contribution in [3.8, 4) is 0 Å². The molecule has 1 rings (SSSR count). The van der Waals surface area contributed by atoms with Gasteiger partial charge in [-0.2, -0.15) is 0 Å². The van der Waals surface area contributed by atoms with Gasteiger partial charge in [0.25, 0.3) is 0 Å². The second-order valence-corrected chi connectivity index (χ2v) is 3.13. The molecule has 0 aromatic carbocycles. The standard InChI is InChI=1S/C5H2Br2N2O/c6-3-1-2-8-5(7)4(3)9-10/h1-2H. The van der Waals surface area contributed by atoms with Crippen molar-refractivity contribution in [2.75, 3.05) is 0 Å². The maximum atomic E-state index is 10.1. The zero-order chi connectivity index (χ0) is 7.56. The Morgan fingerprint density at radius 2 is 2.20 bits per heavy atom. The van der Waals surface area contributed by atoms with Gasteiger partial charge in [0, 0.05) is 6.20 Å². The molecule has 3 nitrogen and oxygen atoms in total. The molecule has 1 heterocycles. The molecular weight excluding hydrogens is 264 g/mol. The van der Waals surface area contributed by atoms with Gasteiger partial charge < -0.3 is 0 Å². The molecule has 0 unspecified atom stereocenters. The molecule has 1 aromatic heterocycles. The van der Waals surface area contributed by atoms with Crippen molar-refractivity contribution in [2.24, 2.45) is 5.18 Å². The number of pyridine rings is 1. The fourth-order valence-electron chi connectivity index (χ4n) is 0.488. The number of aromatic nitrogens is 1. The minimum absolute atomic E-state index is 0.294. The van der Waals surface area contributed by atoms with Crippen LogP contribution in [0.15, 0.2) is 26.5 Å². The van der Waals surface area contributed by atoms with Crippen LogP contribution in [0.1, 0.15) is 0 Å². The Morgan fingerprint density at radius 1 is 1.50 bits per heavy atom. The first-order valence-electron chi connectivity index (χ1n) is 2.39. The summed E-state index contributed by atoms with van der Waals surface area (Å²) in [6, 6.07) is 1.65. The second kappa shape index (κ2) is 3.21. The van der Waals surface area contributed by atoms with Crippen LogP contribution in [0.25, 0.3) is 0 Å². The summed E-state index contributed by atoms with van der Waals surface area (Å²) >= 11 is 6.22. The molecule has 0 aliphatic heterocycles. The van der Waals surface area contributed by atoms with Crippen LogP contribution in [0, 0.1) is 4.91 Å². The fraction of sp³-hybridized carbons (Fsp3) is 0. The Bertz CT molecular complexity index is 244. The van der Waals surface area contributed by atoms with E-state index in [9.17, 15) is 4.91 Å². The van der Waals surface area contributed by atoms with E-state index in [4.69, 9.17) is 0 Å². The van der Waals surface area contributed by atoms with E-state index < -0.39 is 0 Å². The smallest absolute Gasteiger partial charge is 0.154 e. The zero-order valence-corrected chi connectivity index (χ0v) is 7.89. The third-order valence-electron chi connectivity index (χ3n) is 0.922. The van der Waals surface area contributed by atoms with Crippen molar-refractivity contribution in [1.29, 1.82) is 0 Å². The minimum atomic E-state index is 0.294.